The maximum atomic E-state index is 10.8. The Hall–Kier alpha value is -2.14. The number of halogens is 1. The fourth-order valence-corrected chi connectivity index (χ4v) is 2.51. The van der Waals surface area contributed by atoms with Crippen molar-refractivity contribution >= 4 is 27.7 Å². The second kappa shape index (κ2) is 7.75. The molecule has 0 heterocycles. The molecule has 22 heavy (non-hydrogen) atoms. The maximum absolute atomic E-state index is 10.8. The molecule has 0 N–H and O–H groups in total. The summed E-state index contributed by atoms with van der Waals surface area (Å²) < 4.78 is 5.11. The number of nitrogens with zero attached hydrogens (tertiary/aromatic N) is 1. The van der Waals surface area contributed by atoms with E-state index in [1.165, 1.54) is 6.07 Å². The SMILES string of the molecule is COc1ccc(/C=C/CC(Br)c2cccc([N+](=O)[O-])c2)cc1. The molecule has 0 aromatic heterocycles. The van der Waals surface area contributed by atoms with Crippen molar-refractivity contribution in [1.82, 2.24) is 0 Å². The van der Waals surface area contributed by atoms with Crippen LogP contribution < -0.4 is 4.74 Å². The van der Waals surface area contributed by atoms with Crippen LogP contribution in [-0.4, -0.2) is 12.0 Å². The van der Waals surface area contributed by atoms with Crippen LogP contribution in [0.3, 0.4) is 0 Å². The normalized spacial score (nSPS) is 12.3. The Morgan fingerprint density at radius 2 is 2.00 bits per heavy atom. The first-order valence-corrected chi connectivity index (χ1v) is 7.70. The molecule has 0 radical (unpaired) electrons. The maximum Gasteiger partial charge on any atom is 0.269 e. The van der Waals surface area contributed by atoms with E-state index in [1.54, 1.807) is 19.2 Å². The predicted octanol–water partition coefficient (Wildman–Crippen LogP) is 5.14. The molecule has 0 spiro atoms. The first-order valence-electron chi connectivity index (χ1n) is 6.79. The van der Waals surface area contributed by atoms with Crippen LogP contribution in [0.4, 0.5) is 5.69 Å². The standard InChI is InChI=1S/C17H16BrNO3/c1-22-16-10-8-13(9-11-16)4-2-7-17(18)14-5-3-6-15(12-14)19(20)21/h2-6,8-12,17H,7H2,1H3/b4-2+. The van der Waals surface area contributed by atoms with Gasteiger partial charge in [0, 0.05) is 17.0 Å². The smallest absolute Gasteiger partial charge is 0.269 e. The summed E-state index contributed by atoms with van der Waals surface area (Å²) in [4.78, 5) is 10.5. The molecule has 0 saturated carbocycles. The van der Waals surface area contributed by atoms with Gasteiger partial charge in [-0.25, -0.2) is 0 Å². The summed E-state index contributed by atoms with van der Waals surface area (Å²) >= 11 is 3.57. The average molecular weight is 362 g/mol. The molecule has 2 rings (SSSR count). The van der Waals surface area contributed by atoms with Gasteiger partial charge in [0.25, 0.3) is 5.69 Å². The molecule has 0 bridgehead atoms. The Morgan fingerprint density at radius 3 is 2.64 bits per heavy atom. The van der Waals surface area contributed by atoms with Crippen LogP contribution in [0.15, 0.2) is 54.6 Å². The lowest BCUT2D eigenvalue weighted by Gasteiger charge is -2.07. The monoisotopic (exact) mass is 361 g/mol. The number of benzene rings is 2. The summed E-state index contributed by atoms with van der Waals surface area (Å²) in [5.41, 5.74) is 2.09. The van der Waals surface area contributed by atoms with Gasteiger partial charge in [0.05, 0.1) is 12.0 Å². The average Bonchev–Trinajstić information content (AvgIpc) is 2.55. The van der Waals surface area contributed by atoms with E-state index < -0.39 is 0 Å². The minimum Gasteiger partial charge on any atom is -0.497 e. The molecular formula is C17H16BrNO3. The van der Waals surface area contributed by atoms with Gasteiger partial charge in [-0.2, -0.15) is 0 Å². The lowest BCUT2D eigenvalue weighted by molar-refractivity contribution is -0.384. The molecule has 0 aliphatic heterocycles. The number of alkyl halides is 1. The third-order valence-electron chi connectivity index (χ3n) is 3.21. The summed E-state index contributed by atoms with van der Waals surface area (Å²) in [5, 5.41) is 10.8. The number of nitro groups is 1. The molecule has 4 nitrogen and oxygen atoms in total. The van der Waals surface area contributed by atoms with Crippen molar-refractivity contribution in [2.75, 3.05) is 7.11 Å². The van der Waals surface area contributed by atoms with Gasteiger partial charge in [-0.1, -0.05) is 52.3 Å². The summed E-state index contributed by atoms with van der Waals surface area (Å²) in [6, 6.07) is 14.5. The second-order valence-corrected chi connectivity index (χ2v) is 5.84. The van der Waals surface area contributed by atoms with E-state index in [-0.39, 0.29) is 15.4 Å². The molecule has 114 valence electrons. The first-order chi connectivity index (χ1) is 10.6. The van der Waals surface area contributed by atoms with E-state index in [1.807, 2.05) is 42.5 Å². The van der Waals surface area contributed by atoms with Crippen molar-refractivity contribution < 1.29 is 9.66 Å². The van der Waals surface area contributed by atoms with E-state index in [0.29, 0.717) is 0 Å². The van der Waals surface area contributed by atoms with Crippen molar-refractivity contribution in [1.29, 1.82) is 0 Å². The van der Waals surface area contributed by atoms with Crippen molar-refractivity contribution in [2.24, 2.45) is 0 Å². The number of nitro benzene ring substituents is 1. The van der Waals surface area contributed by atoms with Gasteiger partial charge < -0.3 is 4.74 Å². The van der Waals surface area contributed by atoms with Crippen molar-refractivity contribution in [3.8, 4) is 5.75 Å². The number of non-ortho nitro benzene ring substituents is 1. The number of allylic oxidation sites excluding steroid dienone is 1. The zero-order chi connectivity index (χ0) is 15.9. The lowest BCUT2D eigenvalue weighted by atomic mass is 10.1. The van der Waals surface area contributed by atoms with Gasteiger partial charge in [-0.15, -0.1) is 0 Å². The van der Waals surface area contributed by atoms with E-state index in [0.717, 1.165) is 23.3 Å². The second-order valence-electron chi connectivity index (χ2n) is 4.73. The van der Waals surface area contributed by atoms with Gasteiger partial charge in [-0.05, 0) is 29.7 Å². The summed E-state index contributed by atoms with van der Waals surface area (Å²) in [6.07, 6.45) is 4.80. The van der Waals surface area contributed by atoms with Crippen LogP contribution in [-0.2, 0) is 0 Å². The summed E-state index contributed by atoms with van der Waals surface area (Å²) in [5.74, 6) is 0.826. The summed E-state index contributed by atoms with van der Waals surface area (Å²) in [7, 11) is 1.64. The van der Waals surface area contributed by atoms with Crippen LogP contribution in [0, 0.1) is 10.1 Å². The third-order valence-corrected chi connectivity index (χ3v) is 4.11. The molecule has 5 heteroatoms. The molecule has 0 aliphatic rings. The molecule has 1 atom stereocenters. The molecule has 0 aliphatic carbocycles. The van der Waals surface area contributed by atoms with Gasteiger partial charge in [0.1, 0.15) is 5.75 Å². The largest absolute Gasteiger partial charge is 0.497 e. The van der Waals surface area contributed by atoms with Crippen LogP contribution in [0.1, 0.15) is 22.4 Å². The molecule has 0 fully saturated rings. The van der Waals surface area contributed by atoms with Crippen molar-refractivity contribution in [3.63, 3.8) is 0 Å². The Kier molecular flexibility index (Phi) is 5.72. The Labute approximate surface area is 137 Å². The Balaban J connectivity index is 1.99. The molecular weight excluding hydrogens is 346 g/mol. The van der Waals surface area contributed by atoms with Crippen LogP contribution >= 0.6 is 15.9 Å². The highest BCUT2D eigenvalue weighted by Gasteiger charge is 2.10. The molecule has 0 saturated heterocycles. The van der Waals surface area contributed by atoms with E-state index in [4.69, 9.17) is 4.74 Å². The topological polar surface area (TPSA) is 52.4 Å². The van der Waals surface area contributed by atoms with Crippen LogP contribution in [0.25, 0.3) is 6.08 Å². The van der Waals surface area contributed by atoms with E-state index in [2.05, 4.69) is 15.9 Å². The third kappa shape index (κ3) is 4.43. The van der Waals surface area contributed by atoms with E-state index in [9.17, 15) is 10.1 Å². The van der Waals surface area contributed by atoms with Gasteiger partial charge in [0.15, 0.2) is 0 Å². The van der Waals surface area contributed by atoms with Gasteiger partial charge >= 0.3 is 0 Å². The molecule has 2 aromatic rings. The van der Waals surface area contributed by atoms with E-state index >= 15 is 0 Å². The number of hydrogen-bond donors (Lipinski definition) is 0. The predicted molar refractivity (Wildman–Crippen MR) is 91.4 cm³/mol. The lowest BCUT2D eigenvalue weighted by Crippen LogP contribution is -1.92. The molecule has 2 aromatic carbocycles. The quantitative estimate of drug-likeness (QED) is 0.406. The number of methoxy groups -OCH3 is 1. The zero-order valence-electron chi connectivity index (χ0n) is 12.1. The highest BCUT2D eigenvalue weighted by Crippen LogP contribution is 2.29. The summed E-state index contributed by atoms with van der Waals surface area (Å²) in [6.45, 7) is 0. The molecule has 0 amide bonds. The number of rotatable bonds is 6. The molecule has 1 unspecified atom stereocenters. The van der Waals surface area contributed by atoms with Crippen molar-refractivity contribution in [3.05, 3.63) is 75.8 Å². The fourth-order valence-electron chi connectivity index (χ4n) is 2.01. The first kappa shape index (κ1) is 16.2. The minimum absolute atomic E-state index is 0.0434. The van der Waals surface area contributed by atoms with Crippen LogP contribution in [0.2, 0.25) is 0 Å². The Bertz CT molecular complexity index is 668. The van der Waals surface area contributed by atoms with Crippen LogP contribution in [0.5, 0.6) is 5.75 Å². The number of hydrogen-bond acceptors (Lipinski definition) is 3. The Morgan fingerprint density at radius 1 is 1.27 bits per heavy atom. The highest BCUT2D eigenvalue weighted by molar-refractivity contribution is 9.09. The van der Waals surface area contributed by atoms with Crippen molar-refractivity contribution in [2.45, 2.75) is 11.2 Å². The fraction of sp³-hybridized carbons (Fsp3) is 0.176. The zero-order valence-corrected chi connectivity index (χ0v) is 13.7. The van der Waals surface area contributed by atoms with Gasteiger partial charge in [0.2, 0.25) is 0 Å². The van der Waals surface area contributed by atoms with Gasteiger partial charge in [-0.3, -0.25) is 10.1 Å². The highest BCUT2D eigenvalue weighted by atomic mass is 79.9. The minimum atomic E-state index is -0.379. The number of ether oxygens (including phenoxy) is 1.